The minimum absolute atomic E-state index is 0.125. The number of ether oxygens (including phenoxy) is 1. The Morgan fingerprint density at radius 1 is 1.25 bits per heavy atom. The van der Waals surface area contributed by atoms with Crippen LogP contribution in [0.2, 0.25) is 0 Å². The molecule has 1 aliphatic heterocycles. The van der Waals surface area contributed by atoms with Crippen molar-refractivity contribution in [3.63, 3.8) is 0 Å². The lowest BCUT2D eigenvalue weighted by Gasteiger charge is -2.37. The average molecular weight is 501 g/mol. The van der Waals surface area contributed by atoms with Crippen LogP contribution in [0.1, 0.15) is 43.0 Å². The second-order valence-electron chi connectivity index (χ2n) is 9.44. The van der Waals surface area contributed by atoms with E-state index in [0.29, 0.717) is 73.1 Å². The third-order valence-corrected chi connectivity index (χ3v) is 7.22. The molecule has 8 heteroatoms. The van der Waals surface area contributed by atoms with Gasteiger partial charge in [-0.2, -0.15) is 0 Å². The highest BCUT2D eigenvalue weighted by Crippen LogP contribution is 2.35. The van der Waals surface area contributed by atoms with Crippen LogP contribution in [0, 0.1) is 23.5 Å². The number of benzene rings is 2. The van der Waals surface area contributed by atoms with E-state index in [1.807, 2.05) is 0 Å². The third-order valence-electron chi connectivity index (χ3n) is 7.22. The fourth-order valence-corrected chi connectivity index (χ4v) is 5.19. The van der Waals surface area contributed by atoms with Crippen LogP contribution in [0.4, 0.5) is 13.2 Å². The van der Waals surface area contributed by atoms with Gasteiger partial charge in [-0.3, -0.25) is 9.78 Å². The second kappa shape index (κ2) is 11.7. The van der Waals surface area contributed by atoms with Gasteiger partial charge in [0.15, 0.2) is 11.6 Å². The third kappa shape index (κ3) is 5.98. The zero-order chi connectivity index (χ0) is 25.7. The SMILES string of the molecule is COc1ccc2nccc(C(F)CC[C@@H]3CCN(CCCc4cccc(F)c4F)C[C@@H]3C(=O)O)c2c1. The molecular weight excluding hydrogens is 469 g/mol. The number of nitrogens with zero attached hydrogens (tertiary/aromatic N) is 2. The number of piperidine rings is 1. The maximum Gasteiger partial charge on any atom is 0.308 e. The number of pyridine rings is 1. The fourth-order valence-electron chi connectivity index (χ4n) is 5.19. The smallest absolute Gasteiger partial charge is 0.308 e. The molecule has 5 nitrogen and oxygen atoms in total. The van der Waals surface area contributed by atoms with E-state index in [1.165, 1.54) is 6.07 Å². The Morgan fingerprint density at radius 3 is 2.86 bits per heavy atom. The molecule has 0 radical (unpaired) electrons. The summed E-state index contributed by atoms with van der Waals surface area (Å²) in [4.78, 5) is 18.4. The van der Waals surface area contributed by atoms with Crippen LogP contribution in [-0.4, -0.2) is 47.7 Å². The molecule has 192 valence electrons. The highest BCUT2D eigenvalue weighted by molar-refractivity contribution is 5.83. The van der Waals surface area contributed by atoms with Gasteiger partial charge in [-0.15, -0.1) is 0 Å². The Labute approximate surface area is 208 Å². The van der Waals surface area contributed by atoms with Crippen LogP contribution in [0.15, 0.2) is 48.7 Å². The molecule has 0 spiro atoms. The molecule has 1 aromatic heterocycles. The van der Waals surface area contributed by atoms with E-state index in [9.17, 15) is 18.7 Å². The number of methoxy groups -OCH3 is 1. The first-order valence-electron chi connectivity index (χ1n) is 12.3. The molecule has 0 amide bonds. The van der Waals surface area contributed by atoms with Crippen LogP contribution < -0.4 is 4.74 Å². The summed E-state index contributed by atoms with van der Waals surface area (Å²) in [6.45, 7) is 1.67. The van der Waals surface area contributed by atoms with Gasteiger partial charge in [0.25, 0.3) is 0 Å². The highest BCUT2D eigenvalue weighted by Gasteiger charge is 2.34. The average Bonchev–Trinajstić information content (AvgIpc) is 2.89. The molecule has 1 unspecified atom stereocenters. The summed E-state index contributed by atoms with van der Waals surface area (Å²) in [5.41, 5.74) is 1.55. The van der Waals surface area contributed by atoms with Crippen molar-refractivity contribution in [2.45, 2.75) is 38.3 Å². The Hall–Kier alpha value is -3.13. The van der Waals surface area contributed by atoms with Crippen LogP contribution in [0.3, 0.4) is 0 Å². The molecule has 2 aromatic carbocycles. The number of fused-ring (bicyclic) bond motifs is 1. The number of hydrogen-bond acceptors (Lipinski definition) is 4. The molecule has 3 aromatic rings. The molecule has 4 rings (SSSR count). The van der Waals surface area contributed by atoms with Crippen LogP contribution >= 0.6 is 0 Å². The monoisotopic (exact) mass is 500 g/mol. The van der Waals surface area contributed by atoms with Gasteiger partial charge >= 0.3 is 5.97 Å². The number of alkyl halides is 1. The number of carbonyl (C=O) groups is 1. The molecule has 2 heterocycles. The number of likely N-dealkylation sites (tertiary alicyclic amines) is 1. The van der Waals surface area contributed by atoms with Gasteiger partial charge in [-0.25, -0.2) is 13.2 Å². The minimum atomic E-state index is -1.24. The summed E-state index contributed by atoms with van der Waals surface area (Å²) < 4.78 is 47.9. The number of halogens is 3. The van der Waals surface area contributed by atoms with E-state index in [1.54, 1.807) is 43.6 Å². The van der Waals surface area contributed by atoms with Crippen molar-refractivity contribution in [2.75, 3.05) is 26.7 Å². The van der Waals surface area contributed by atoms with E-state index < -0.39 is 29.7 Å². The molecule has 1 N–H and O–H groups in total. The lowest BCUT2D eigenvalue weighted by atomic mass is 9.81. The molecule has 0 bridgehead atoms. The Balaban J connectivity index is 1.33. The quantitative estimate of drug-likeness (QED) is 0.372. The molecule has 1 fully saturated rings. The van der Waals surface area contributed by atoms with Crippen molar-refractivity contribution >= 4 is 16.9 Å². The van der Waals surface area contributed by atoms with Gasteiger partial charge in [0.05, 0.1) is 18.5 Å². The van der Waals surface area contributed by atoms with Crippen molar-refractivity contribution in [3.8, 4) is 5.75 Å². The van der Waals surface area contributed by atoms with E-state index in [4.69, 9.17) is 4.74 Å². The number of rotatable bonds is 10. The van der Waals surface area contributed by atoms with Gasteiger partial charge in [-0.05, 0) is 92.6 Å². The molecule has 36 heavy (non-hydrogen) atoms. The number of aryl methyl sites for hydroxylation is 1. The molecular formula is C28H31F3N2O3. The fraction of sp³-hybridized carbons (Fsp3) is 0.429. The van der Waals surface area contributed by atoms with Gasteiger partial charge in [0.2, 0.25) is 0 Å². The Bertz CT molecular complexity index is 1210. The van der Waals surface area contributed by atoms with E-state index in [2.05, 4.69) is 9.88 Å². The first-order chi connectivity index (χ1) is 17.4. The number of carboxylic acid groups (broad SMARTS) is 1. The first kappa shape index (κ1) is 25.9. The van der Waals surface area contributed by atoms with Gasteiger partial charge in [-0.1, -0.05) is 12.1 Å². The molecule has 3 atom stereocenters. The molecule has 0 saturated carbocycles. The van der Waals surface area contributed by atoms with Crippen LogP contribution in [0.25, 0.3) is 10.9 Å². The van der Waals surface area contributed by atoms with Gasteiger partial charge < -0.3 is 14.7 Å². The first-order valence-corrected chi connectivity index (χ1v) is 12.3. The summed E-state index contributed by atoms with van der Waals surface area (Å²) in [7, 11) is 1.56. The maximum atomic E-state index is 15.4. The summed E-state index contributed by atoms with van der Waals surface area (Å²) in [5.74, 6) is -2.64. The topological polar surface area (TPSA) is 62.7 Å². The highest BCUT2D eigenvalue weighted by atomic mass is 19.2. The number of hydrogen-bond donors (Lipinski definition) is 1. The lowest BCUT2D eigenvalue weighted by Crippen LogP contribution is -2.44. The van der Waals surface area contributed by atoms with E-state index in [0.717, 1.165) is 6.07 Å². The summed E-state index contributed by atoms with van der Waals surface area (Å²) in [5, 5.41) is 10.5. The molecule has 0 aliphatic carbocycles. The summed E-state index contributed by atoms with van der Waals surface area (Å²) in [6, 6.07) is 11.2. The zero-order valence-corrected chi connectivity index (χ0v) is 20.3. The predicted octanol–water partition coefficient (Wildman–Crippen LogP) is 5.97. The van der Waals surface area contributed by atoms with Crippen molar-refractivity contribution in [3.05, 3.63) is 71.4 Å². The lowest BCUT2D eigenvalue weighted by molar-refractivity contribution is -0.146. The van der Waals surface area contributed by atoms with E-state index >= 15 is 4.39 Å². The van der Waals surface area contributed by atoms with Gasteiger partial charge in [0.1, 0.15) is 11.9 Å². The van der Waals surface area contributed by atoms with Crippen molar-refractivity contribution in [1.29, 1.82) is 0 Å². The number of aliphatic carboxylic acids is 1. The minimum Gasteiger partial charge on any atom is -0.497 e. The van der Waals surface area contributed by atoms with Crippen LogP contribution in [-0.2, 0) is 11.2 Å². The van der Waals surface area contributed by atoms with E-state index in [-0.39, 0.29) is 12.3 Å². The van der Waals surface area contributed by atoms with Gasteiger partial charge in [0, 0.05) is 18.1 Å². The number of carboxylic acids is 1. The van der Waals surface area contributed by atoms with Crippen molar-refractivity contribution < 1.29 is 27.8 Å². The largest absolute Gasteiger partial charge is 0.497 e. The standard InChI is InChI=1S/C28H31F3N2O3/c1-36-20-8-10-26-22(16-20)21(11-13-32-26)24(29)9-7-18-12-15-33(17-23(18)28(34)35)14-3-5-19-4-2-6-25(30)27(19)31/h2,4,6,8,10-11,13,16,18,23-24H,3,5,7,9,12,14-15,17H2,1H3,(H,34,35)/t18-,23+,24?/m1/s1. The molecule has 1 aliphatic rings. The Kier molecular flexibility index (Phi) is 8.46. The molecule has 1 saturated heterocycles. The van der Waals surface area contributed by atoms with Crippen molar-refractivity contribution in [1.82, 2.24) is 9.88 Å². The zero-order valence-electron chi connectivity index (χ0n) is 20.3. The number of aromatic nitrogens is 1. The van der Waals surface area contributed by atoms with Crippen LogP contribution in [0.5, 0.6) is 5.75 Å². The predicted molar refractivity (Wildman–Crippen MR) is 132 cm³/mol. The normalized spacial score (nSPS) is 19.3. The second-order valence-corrected chi connectivity index (χ2v) is 9.44. The Morgan fingerprint density at radius 2 is 2.08 bits per heavy atom. The summed E-state index contributed by atoms with van der Waals surface area (Å²) >= 11 is 0. The maximum absolute atomic E-state index is 15.4. The summed E-state index contributed by atoms with van der Waals surface area (Å²) in [6.07, 6.45) is 2.68. The van der Waals surface area contributed by atoms with Crippen molar-refractivity contribution in [2.24, 2.45) is 11.8 Å².